The maximum absolute atomic E-state index is 12.1. The maximum Gasteiger partial charge on any atom is 0.335 e. The molecule has 30 heavy (non-hydrogen) atoms. The van der Waals surface area contributed by atoms with Crippen LogP contribution in [0, 0.1) is 6.92 Å². The maximum atomic E-state index is 12.1. The van der Waals surface area contributed by atoms with Crippen molar-refractivity contribution in [2.24, 2.45) is 5.10 Å². The molecule has 0 bridgehead atoms. The van der Waals surface area contributed by atoms with Crippen molar-refractivity contribution < 1.29 is 23.9 Å². The number of carbonyl (C=O) groups is 3. The molecule has 0 atom stereocenters. The number of nitrogens with one attached hydrogen (secondary N) is 2. The smallest absolute Gasteiger partial charge is 0.335 e. The fourth-order valence-corrected chi connectivity index (χ4v) is 2.83. The van der Waals surface area contributed by atoms with Crippen molar-refractivity contribution in [2.75, 3.05) is 5.32 Å². The van der Waals surface area contributed by atoms with Crippen LogP contribution in [0.1, 0.15) is 39.0 Å². The summed E-state index contributed by atoms with van der Waals surface area (Å²) < 4.78 is 5.69. The third-order valence-corrected chi connectivity index (χ3v) is 4.28. The lowest BCUT2D eigenvalue weighted by atomic mass is 10.0. The van der Waals surface area contributed by atoms with Gasteiger partial charge in [0.25, 0.3) is 5.91 Å². The molecular formula is C22H19N3O5. The number of anilines is 1. The number of carboxylic acid groups (broad SMARTS) is 1. The van der Waals surface area contributed by atoms with E-state index in [1.807, 2.05) is 0 Å². The molecule has 3 aromatic rings. The van der Waals surface area contributed by atoms with Crippen LogP contribution in [0.15, 0.2) is 64.1 Å². The zero-order chi connectivity index (χ0) is 21.7. The van der Waals surface area contributed by atoms with Gasteiger partial charge in [-0.2, -0.15) is 5.10 Å². The van der Waals surface area contributed by atoms with E-state index in [2.05, 4.69) is 15.8 Å². The Balaban J connectivity index is 1.66. The van der Waals surface area contributed by atoms with Gasteiger partial charge in [-0.15, -0.1) is 0 Å². The topological polar surface area (TPSA) is 121 Å². The molecule has 0 aliphatic heterocycles. The molecule has 1 heterocycles. The van der Waals surface area contributed by atoms with Crippen molar-refractivity contribution in [2.45, 2.75) is 13.8 Å². The van der Waals surface area contributed by atoms with Gasteiger partial charge in [-0.1, -0.05) is 12.1 Å². The Hall–Kier alpha value is -4.20. The highest BCUT2D eigenvalue weighted by Crippen LogP contribution is 2.27. The molecule has 3 N–H and O–H groups in total. The van der Waals surface area contributed by atoms with Gasteiger partial charge in [0.05, 0.1) is 11.8 Å². The van der Waals surface area contributed by atoms with E-state index in [9.17, 15) is 19.5 Å². The highest BCUT2D eigenvalue weighted by atomic mass is 16.4. The van der Waals surface area contributed by atoms with Crippen LogP contribution in [0.4, 0.5) is 5.69 Å². The van der Waals surface area contributed by atoms with Gasteiger partial charge in [0.1, 0.15) is 11.5 Å². The normalized spacial score (nSPS) is 10.7. The summed E-state index contributed by atoms with van der Waals surface area (Å²) in [6.07, 6.45) is 1.35. The molecule has 0 saturated carbocycles. The van der Waals surface area contributed by atoms with Crippen molar-refractivity contribution in [3.63, 3.8) is 0 Å². The second-order valence-electron chi connectivity index (χ2n) is 6.44. The lowest BCUT2D eigenvalue weighted by Crippen LogP contribution is -2.17. The number of hydrogen-bond acceptors (Lipinski definition) is 5. The number of nitrogens with zero attached hydrogens (tertiary/aromatic N) is 1. The molecule has 8 heteroatoms. The van der Waals surface area contributed by atoms with Crippen molar-refractivity contribution in [1.29, 1.82) is 0 Å². The Morgan fingerprint density at radius 2 is 1.77 bits per heavy atom. The minimum atomic E-state index is -1.00. The molecule has 3 rings (SSSR count). The summed E-state index contributed by atoms with van der Waals surface area (Å²) in [5, 5.41) is 15.7. The average molecular weight is 405 g/mol. The van der Waals surface area contributed by atoms with E-state index in [1.165, 1.54) is 19.2 Å². The predicted octanol–water partition coefficient (Wildman–Crippen LogP) is 3.68. The monoisotopic (exact) mass is 405 g/mol. The summed E-state index contributed by atoms with van der Waals surface area (Å²) in [4.78, 5) is 34.5. The van der Waals surface area contributed by atoms with Gasteiger partial charge >= 0.3 is 5.97 Å². The summed E-state index contributed by atoms with van der Waals surface area (Å²) in [6.45, 7) is 3.12. The lowest BCUT2D eigenvalue weighted by molar-refractivity contribution is -0.114. The summed E-state index contributed by atoms with van der Waals surface area (Å²) >= 11 is 0. The van der Waals surface area contributed by atoms with E-state index >= 15 is 0 Å². The molecule has 0 unspecified atom stereocenters. The average Bonchev–Trinajstić information content (AvgIpc) is 3.16. The number of furan rings is 1. The molecule has 0 aliphatic rings. The van der Waals surface area contributed by atoms with E-state index < -0.39 is 11.9 Å². The van der Waals surface area contributed by atoms with Crippen LogP contribution >= 0.6 is 0 Å². The zero-order valence-corrected chi connectivity index (χ0v) is 16.3. The van der Waals surface area contributed by atoms with Crippen molar-refractivity contribution in [3.05, 3.63) is 77.0 Å². The van der Waals surface area contributed by atoms with Crippen LogP contribution in [-0.4, -0.2) is 29.1 Å². The highest BCUT2D eigenvalue weighted by Gasteiger charge is 2.13. The number of carbonyl (C=O) groups excluding carboxylic acids is 2. The zero-order valence-electron chi connectivity index (χ0n) is 16.3. The number of carboxylic acids is 1. The predicted molar refractivity (Wildman–Crippen MR) is 112 cm³/mol. The van der Waals surface area contributed by atoms with Gasteiger partial charge in [0.2, 0.25) is 5.91 Å². The summed E-state index contributed by atoms with van der Waals surface area (Å²) in [5.41, 5.74) is 4.83. The van der Waals surface area contributed by atoms with Gasteiger partial charge in [-0.25, -0.2) is 10.2 Å². The number of hydrogen-bond donors (Lipinski definition) is 3. The van der Waals surface area contributed by atoms with Gasteiger partial charge in [-0.05, 0) is 55.0 Å². The van der Waals surface area contributed by atoms with Crippen LogP contribution < -0.4 is 10.7 Å². The quantitative estimate of drug-likeness (QED) is 0.427. The van der Waals surface area contributed by atoms with Gasteiger partial charge in [-0.3, -0.25) is 9.59 Å². The van der Waals surface area contributed by atoms with E-state index in [0.29, 0.717) is 33.9 Å². The first-order valence-electron chi connectivity index (χ1n) is 8.99. The molecular weight excluding hydrogens is 386 g/mol. The Kier molecular flexibility index (Phi) is 6.07. The van der Waals surface area contributed by atoms with E-state index in [4.69, 9.17) is 4.42 Å². The third-order valence-electron chi connectivity index (χ3n) is 4.28. The summed E-state index contributed by atoms with van der Waals surface area (Å²) in [5.74, 6) is -0.726. The standard InChI is InChI=1S/C22H19N3O5/c1-13-18(4-3-5-19(13)22(28)29)20-11-10-17(30-20)12-23-25-21(27)15-6-8-16(9-7-15)24-14(2)26/h3-12H,1-2H3,(H,24,26)(H,25,27)(H,28,29). The van der Waals surface area contributed by atoms with Crippen LogP contribution in [0.3, 0.4) is 0 Å². The number of aromatic carboxylic acids is 1. The number of benzene rings is 2. The largest absolute Gasteiger partial charge is 0.478 e. The van der Waals surface area contributed by atoms with Crippen LogP contribution in [-0.2, 0) is 4.79 Å². The highest BCUT2D eigenvalue weighted by molar-refractivity contribution is 5.96. The van der Waals surface area contributed by atoms with Crippen LogP contribution in [0.2, 0.25) is 0 Å². The Labute approximate surface area is 172 Å². The van der Waals surface area contributed by atoms with E-state index in [-0.39, 0.29) is 11.5 Å². The van der Waals surface area contributed by atoms with Crippen LogP contribution in [0.5, 0.6) is 0 Å². The van der Waals surface area contributed by atoms with E-state index in [1.54, 1.807) is 55.5 Å². The van der Waals surface area contributed by atoms with Gasteiger partial charge in [0, 0.05) is 23.7 Å². The molecule has 8 nitrogen and oxygen atoms in total. The number of amides is 2. The molecule has 0 spiro atoms. The first kappa shape index (κ1) is 20.5. The van der Waals surface area contributed by atoms with Gasteiger partial charge < -0.3 is 14.8 Å². The Bertz CT molecular complexity index is 1130. The Morgan fingerprint density at radius 1 is 1.03 bits per heavy atom. The van der Waals surface area contributed by atoms with Crippen molar-refractivity contribution in [1.82, 2.24) is 5.43 Å². The van der Waals surface area contributed by atoms with Crippen LogP contribution in [0.25, 0.3) is 11.3 Å². The lowest BCUT2D eigenvalue weighted by Gasteiger charge is -2.05. The molecule has 2 aromatic carbocycles. The summed E-state index contributed by atoms with van der Waals surface area (Å²) in [7, 11) is 0. The first-order chi connectivity index (χ1) is 14.3. The molecule has 0 saturated heterocycles. The minimum Gasteiger partial charge on any atom is -0.478 e. The molecule has 152 valence electrons. The number of rotatable bonds is 6. The SMILES string of the molecule is CC(=O)Nc1ccc(C(=O)NN=Cc2ccc(-c3cccc(C(=O)O)c3C)o2)cc1. The van der Waals surface area contributed by atoms with Gasteiger partial charge in [0.15, 0.2) is 0 Å². The van der Waals surface area contributed by atoms with Crippen molar-refractivity contribution in [3.8, 4) is 11.3 Å². The molecule has 1 aromatic heterocycles. The molecule has 0 fully saturated rings. The molecule has 0 radical (unpaired) electrons. The second kappa shape index (κ2) is 8.87. The minimum absolute atomic E-state index is 0.195. The second-order valence-corrected chi connectivity index (χ2v) is 6.44. The van der Waals surface area contributed by atoms with E-state index in [0.717, 1.165) is 0 Å². The number of hydrazone groups is 1. The fourth-order valence-electron chi connectivity index (χ4n) is 2.83. The summed E-state index contributed by atoms with van der Waals surface area (Å²) in [6, 6.07) is 14.7. The van der Waals surface area contributed by atoms with Crippen molar-refractivity contribution >= 4 is 29.7 Å². The fraction of sp³-hybridized carbons (Fsp3) is 0.0909. The first-order valence-corrected chi connectivity index (χ1v) is 8.99. The molecule has 2 amide bonds. The third kappa shape index (κ3) is 4.79. The Morgan fingerprint density at radius 3 is 2.43 bits per heavy atom. The molecule has 0 aliphatic carbocycles.